The number of anilines is 1. The normalized spacial score (nSPS) is 10.5. The predicted molar refractivity (Wildman–Crippen MR) is 83.5 cm³/mol. The smallest absolute Gasteiger partial charge is 0.255 e. The number of nitrogens with zero attached hydrogens (tertiary/aromatic N) is 3. The van der Waals surface area contributed by atoms with Gasteiger partial charge in [0, 0.05) is 16.8 Å². The van der Waals surface area contributed by atoms with Gasteiger partial charge in [-0.15, -0.1) is 10.2 Å². The molecule has 6 nitrogen and oxygen atoms in total. The van der Waals surface area contributed by atoms with E-state index in [1.165, 1.54) is 0 Å². The Morgan fingerprint density at radius 1 is 1.09 bits per heavy atom. The average molecular weight is 293 g/mol. The minimum atomic E-state index is -0.145. The van der Waals surface area contributed by atoms with Crippen LogP contribution in [0.3, 0.4) is 0 Å². The molecule has 0 saturated carbocycles. The third-order valence-corrected chi connectivity index (χ3v) is 3.39. The first-order valence-electron chi connectivity index (χ1n) is 6.86. The average Bonchev–Trinajstić information content (AvgIpc) is 3.05. The predicted octanol–water partition coefficient (Wildman–Crippen LogP) is 2.74. The van der Waals surface area contributed by atoms with Crippen molar-refractivity contribution in [1.29, 1.82) is 0 Å². The Bertz CT molecular complexity index is 794. The highest BCUT2D eigenvalue weighted by Gasteiger charge is 2.09. The van der Waals surface area contributed by atoms with Crippen LogP contribution in [0.25, 0.3) is 11.4 Å². The molecule has 0 bridgehead atoms. The molecule has 6 heteroatoms. The molecule has 0 fully saturated rings. The SMILES string of the molecule is Cc1ccc(C)c(NC(=O)c2ccc(-c3nn[nH]n3)cc2)c1. The number of hydrogen-bond donors (Lipinski definition) is 2. The summed E-state index contributed by atoms with van der Waals surface area (Å²) < 4.78 is 0. The second-order valence-corrected chi connectivity index (χ2v) is 5.09. The highest BCUT2D eigenvalue weighted by atomic mass is 16.1. The first-order valence-corrected chi connectivity index (χ1v) is 6.86. The van der Waals surface area contributed by atoms with Gasteiger partial charge in [-0.2, -0.15) is 5.21 Å². The molecule has 22 heavy (non-hydrogen) atoms. The lowest BCUT2D eigenvalue weighted by Crippen LogP contribution is -2.12. The molecular formula is C16H15N5O. The summed E-state index contributed by atoms with van der Waals surface area (Å²) >= 11 is 0. The Balaban J connectivity index is 1.79. The number of benzene rings is 2. The van der Waals surface area contributed by atoms with Crippen molar-refractivity contribution < 1.29 is 4.79 Å². The summed E-state index contributed by atoms with van der Waals surface area (Å²) in [5.41, 5.74) is 4.34. The number of carbonyl (C=O) groups excluding carboxylic acids is 1. The standard InChI is InChI=1S/C16H15N5O/c1-10-3-4-11(2)14(9-10)17-16(22)13-7-5-12(6-8-13)15-18-20-21-19-15/h3-9H,1-2H3,(H,17,22)(H,18,19,20,21). The van der Waals surface area contributed by atoms with Crippen molar-refractivity contribution in [2.45, 2.75) is 13.8 Å². The third kappa shape index (κ3) is 2.85. The van der Waals surface area contributed by atoms with Crippen LogP contribution in [0.1, 0.15) is 21.5 Å². The molecule has 0 spiro atoms. The first kappa shape index (κ1) is 13.9. The number of carbonyl (C=O) groups is 1. The van der Waals surface area contributed by atoms with E-state index < -0.39 is 0 Å². The van der Waals surface area contributed by atoms with Crippen molar-refractivity contribution in [3.8, 4) is 11.4 Å². The molecule has 1 aromatic heterocycles. The number of aryl methyl sites for hydroxylation is 2. The van der Waals surface area contributed by atoms with E-state index in [-0.39, 0.29) is 5.91 Å². The van der Waals surface area contributed by atoms with Crippen LogP contribution < -0.4 is 5.32 Å². The van der Waals surface area contributed by atoms with E-state index in [4.69, 9.17) is 0 Å². The highest BCUT2D eigenvalue weighted by molar-refractivity contribution is 6.04. The van der Waals surface area contributed by atoms with Crippen molar-refractivity contribution in [2.24, 2.45) is 0 Å². The van der Waals surface area contributed by atoms with Crippen molar-refractivity contribution in [3.63, 3.8) is 0 Å². The topological polar surface area (TPSA) is 83.6 Å². The number of aromatic amines is 1. The maximum Gasteiger partial charge on any atom is 0.255 e. The second kappa shape index (κ2) is 5.77. The zero-order chi connectivity index (χ0) is 15.5. The van der Waals surface area contributed by atoms with Crippen LogP contribution in [0.15, 0.2) is 42.5 Å². The molecule has 0 unspecified atom stereocenters. The molecule has 3 aromatic rings. The second-order valence-electron chi connectivity index (χ2n) is 5.09. The number of tetrazole rings is 1. The molecule has 0 saturated heterocycles. The molecule has 2 N–H and O–H groups in total. The minimum absolute atomic E-state index is 0.145. The van der Waals surface area contributed by atoms with Crippen LogP contribution in [0.2, 0.25) is 0 Å². The summed E-state index contributed by atoms with van der Waals surface area (Å²) in [5.74, 6) is 0.356. The first-order chi connectivity index (χ1) is 10.6. The molecule has 110 valence electrons. The van der Waals surface area contributed by atoms with Crippen LogP contribution >= 0.6 is 0 Å². The minimum Gasteiger partial charge on any atom is -0.322 e. The largest absolute Gasteiger partial charge is 0.322 e. The van der Waals surface area contributed by atoms with E-state index in [0.717, 1.165) is 22.4 Å². The summed E-state index contributed by atoms with van der Waals surface area (Å²) in [6.45, 7) is 3.96. The van der Waals surface area contributed by atoms with Gasteiger partial charge in [-0.1, -0.05) is 24.3 Å². The van der Waals surface area contributed by atoms with Gasteiger partial charge in [0.05, 0.1) is 0 Å². The lowest BCUT2D eigenvalue weighted by Gasteiger charge is -2.09. The van der Waals surface area contributed by atoms with E-state index in [0.29, 0.717) is 11.4 Å². The molecular weight excluding hydrogens is 278 g/mol. The van der Waals surface area contributed by atoms with Crippen LogP contribution in [0.4, 0.5) is 5.69 Å². The number of rotatable bonds is 3. The summed E-state index contributed by atoms with van der Waals surface area (Å²) in [5, 5.41) is 16.7. The maximum atomic E-state index is 12.3. The summed E-state index contributed by atoms with van der Waals surface area (Å²) in [6.07, 6.45) is 0. The van der Waals surface area contributed by atoms with Crippen LogP contribution in [-0.2, 0) is 0 Å². The van der Waals surface area contributed by atoms with Crippen molar-refractivity contribution in [2.75, 3.05) is 5.32 Å². The summed E-state index contributed by atoms with van der Waals surface area (Å²) in [7, 11) is 0. The number of nitrogens with one attached hydrogen (secondary N) is 2. The molecule has 0 aliphatic carbocycles. The van der Waals surface area contributed by atoms with Gasteiger partial charge < -0.3 is 5.32 Å². The quantitative estimate of drug-likeness (QED) is 0.777. The zero-order valence-corrected chi connectivity index (χ0v) is 12.3. The van der Waals surface area contributed by atoms with E-state index in [1.807, 2.05) is 32.0 Å². The van der Waals surface area contributed by atoms with Gasteiger partial charge >= 0.3 is 0 Å². The van der Waals surface area contributed by atoms with Gasteiger partial charge in [0.25, 0.3) is 5.91 Å². The van der Waals surface area contributed by atoms with E-state index in [2.05, 4.69) is 25.9 Å². The van der Waals surface area contributed by atoms with Crippen LogP contribution in [0, 0.1) is 13.8 Å². The highest BCUT2D eigenvalue weighted by Crippen LogP contribution is 2.19. The Morgan fingerprint density at radius 2 is 1.86 bits per heavy atom. The fraction of sp³-hybridized carbons (Fsp3) is 0.125. The maximum absolute atomic E-state index is 12.3. The fourth-order valence-electron chi connectivity index (χ4n) is 2.12. The summed E-state index contributed by atoms with van der Waals surface area (Å²) in [6, 6.07) is 13.0. The van der Waals surface area contributed by atoms with Crippen LogP contribution in [0.5, 0.6) is 0 Å². The summed E-state index contributed by atoms with van der Waals surface area (Å²) in [4.78, 5) is 12.3. The molecule has 3 rings (SSSR count). The molecule has 0 atom stereocenters. The van der Waals surface area contributed by atoms with Gasteiger partial charge in [0.15, 0.2) is 0 Å². The van der Waals surface area contributed by atoms with Gasteiger partial charge in [-0.3, -0.25) is 4.79 Å². The Labute approximate surface area is 127 Å². The number of amides is 1. The van der Waals surface area contributed by atoms with E-state index in [1.54, 1.807) is 24.3 Å². The molecule has 1 amide bonds. The van der Waals surface area contributed by atoms with Gasteiger partial charge in [0.2, 0.25) is 5.82 Å². The van der Waals surface area contributed by atoms with Crippen molar-refractivity contribution in [1.82, 2.24) is 20.6 Å². The molecule has 1 heterocycles. The van der Waals surface area contributed by atoms with E-state index >= 15 is 0 Å². The van der Waals surface area contributed by atoms with Crippen LogP contribution in [-0.4, -0.2) is 26.5 Å². The van der Waals surface area contributed by atoms with E-state index in [9.17, 15) is 4.79 Å². The Hall–Kier alpha value is -3.02. The number of hydrogen-bond acceptors (Lipinski definition) is 4. The fourth-order valence-corrected chi connectivity index (χ4v) is 2.12. The number of H-pyrrole nitrogens is 1. The lowest BCUT2D eigenvalue weighted by atomic mass is 10.1. The number of aromatic nitrogens is 4. The lowest BCUT2D eigenvalue weighted by molar-refractivity contribution is 0.102. The Morgan fingerprint density at radius 3 is 2.55 bits per heavy atom. The van der Waals surface area contributed by atoms with Gasteiger partial charge in [-0.05, 0) is 48.4 Å². The molecule has 0 aliphatic rings. The molecule has 0 radical (unpaired) electrons. The zero-order valence-electron chi connectivity index (χ0n) is 12.3. The Kier molecular flexibility index (Phi) is 3.65. The molecule has 0 aliphatic heterocycles. The third-order valence-electron chi connectivity index (χ3n) is 3.39. The van der Waals surface area contributed by atoms with Gasteiger partial charge in [-0.25, -0.2) is 0 Å². The monoisotopic (exact) mass is 293 g/mol. The molecule has 2 aromatic carbocycles. The van der Waals surface area contributed by atoms with Crippen molar-refractivity contribution >= 4 is 11.6 Å². The van der Waals surface area contributed by atoms with Gasteiger partial charge in [0.1, 0.15) is 0 Å². The van der Waals surface area contributed by atoms with Crippen molar-refractivity contribution in [3.05, 3.63) is 59.2 Å².